The largest absolute Gasteiger partial charge is 0.471 e. The average molecular weight is 210 g/mol. The molecular weight excluding hydrogens is 197 g/mol. The van der Waals surface area contributed by atoms with Crippen LogP contribution in [0.25, 0.3) is 0 Å². The molecule has 3 nitrogen and oxygen atoms in total. The molecule has 0 unspecified atom stereocenters. The molecule has 0 bridgehead atoms. The van der Waals surface area contributed by atoms with Gasteiger partial charge in [-0.15, -0.1) is 0 Å². The van der Waals surface area contributed by atoms with Crippen molar-refractivity contribution in [3.05, 3.63) is 0 Å². The van der Waals surface area contributed by atoms with Crippen molar-refractivity contribution >= 4 is 5.91 Å². The maximum Gasteiger partial charge on any atom is 0.471 e. The monoisotopic (exact) mass is 210 g/mol. The van der Waals surface area contributed by atoms with Crippen LogP contribution < -0.4 is 5.32 Å². The van der Waals surface area contributed by atoms with Gasteiger partial charge in [0.2, 0.25) is 0 Å². The van der Waals surface area contributed by atoms with Gasteiger partial charge in [0.05, 0.1) is 0 Å². The number of alkyl halides is 3. The minimum absolute atomic E-state index is 0.145. The summed E-state index contributed by atoms with van der Waals surface area (Å²) in [5.74, 6) is -1.62. The molecule has 0 aliphatic carbocycles. The molecule has 1 aliphatic rings. The lowest BCUT2D eigenvalue weighted by Crippen LogP contribution is -2.41. The number of carbonyl (C=O) groups excluding carboxylic acids is 1. The van der Waals surface area contributed by atoms with E-state index in [9.17, 15) is 18.0 Å². The molecule has 0 radical (unpaired) electrons. The van der Waals surface area contributed by atoms with Crippen LogP contribution in [-0.2, 0) is 4.79 Å². The van der Waals surface area contributed by atoms with Crippen molar-refractivity contribution in [2.24, 2.45) is 5.92 Å². The highest BCUT2D eigenvalue weighted by Gasteiger charge is 2.41. The molecule has 1 fully saturated rings. The van der Waals surface area contributed by atoms with Gasteiger partial charge in [-0.1, -0.05) is 0 Å². The lowest BCUT2D eigenvalue weighted by Gasteiger charge is -2.21. The van der Waals surface area contributed by atoms with Crippen molar-refractivity contribution in [3.8, 4) is 0 Å². The number of hydrogen-bond acceptors (Lipinski definition) is 2. The summed E-state index contributed by atoms with van der Waals surface area (Å²) in [7, 11) is 1.19. The first-order valence-corrected chi connectivity index (χ1v) is 4.44. The molecule has 0 aromatic carbocycles. The Kier molecular flexibility index (Phi) is 3.36. The third kappa shape index (κ3) is 2.87. The molecular formula is C8H13F3N2O. The highest BCUT2D eigenvalue weighted by molar-refractivity contribution is 5.81. The van der Waals surface area contributed by atoms with Crippen LogP contribution in [0.3, 0.4) is 0 Å². The number of carbonyl (C=O) groups is 1. The first-order valence-electron chi connectivity index (χ1n) is 4.44. The number of nitrogens with one attached hydrogen (secondary N) is 1. The van der Waals surface area contributed by atoms with Gasteiger partial charge in [-0.25, -0.2) is 0 Å². The van der Waals surface area contributed by atoms with E-state index < -0.39 is 12.1 Å². The van der Waals surface area contributed by atoms with E-state index in [1.165, 1.54) is 7.05 Å². The van der Waals surface area contributed by atoms with Crippen LogP contribution in [0, 0.1) is 5.92 Å². The zero-order valence-electron chi connectivity index (χ0n) is 7.90. The van der Waals surface area contributed by atoms with Crippen LogP contribution in [-0.4, -0.2) is 43.7 Å². The molecule has 1 atom stereocenters. The van der Waals surface area contributed by atoms with E-state index in [4.69, 9.17) is 0 Å². The summed E-state index contributed by atoms with van der Waals surface area (Å²) in [5.41, 5.74) is 0. The fourth-order valence-corrected chi connectivity index (χ4v) is 1.56. The van der Waals surface area contributed by atoms with Crippen molar-refractivity contribution in [3.63, 3.8) is 0 Å². The Morgan fingerprint density at radius 1 is 1.57 bits per heavy atom. The lowest BCUT2D eigenvalue weighted by molar-refractivity contribution is -0.184. The Labute approximate surface area is 80.3 Å². The maximum absolute atomic E-state index is 12.0. The molecule has 14 heavy (non-hydrogen) atoms. The smallest absolute Gasteiger partial charge is 0.338 e. The fourth-order valence-electron chi connectivity index (χ4n) is 1.56. The maximum atomic E-state index is 12.0. The zero-order chi connectivity index (χ0) is 10.8. The van der Waals surface area contributed by atoms with Gasteiger partial charge in [-0.05, 0) is 25.4 Å². The van der Waals surface area contributed by atoms with Crippen LogP contribution in [0.2, 0.25) is 0 Å². The van der Waals surface area contributed by atoms with E-state index in [2.05, 4.69) is 5.32 Å². The fraction of sp³-hybridized carbons (Fsp3) is 0.875. The van der Waals surface area contributed by atoms with Gasteiger partial charge in [0.1, 0.15) is 0 Å². The molecule has 1 heterocycles. The van der Waals surface area contributed by atoms with Gasteiger partial charge in [-0.3, -0.25) is 4.79 Å². The Hall–Kier alpha value is -0.780. The Morgan fingerprint density at radius 2 is 2.21 bits per heavy atom. The average Bonchev–Trinajstić information content (AvgIpc) is 2.53. The predicted molar refractivity (Wildman–Crippen MR) is 44.7 cm³/mol. The Morgan fingerprint density at radius 3 is 2.64 bits per heavy atom. The van der Waals surface area contributed by atoms with Gasteiger partial charge in [0, 0.05) is 13.6 Å². The molecule has 1 rings (SSSR count). The number of halogens is 3. The second kappa shape index (κ2) is 4.16. The predicted octanol–water partition coefficient (Wildman–Crippen LogP) is 0.617. The Balaban J connectivity index is 2.41. The standard InChI is InChI=1S/C8H13F3N2O/c1-13(7(14)8(9,10)11)5-6-2-3-12-4-6/h6,12H,2-5H2,1H3/t6-/m0/s1. The minimum Gasteiger partial charge on any atom is -0.338 e. The van der Waals surface area contributed by atoms with E-state index in [0.29, 0.717) is 6.54 Å². The third-order valence-electron chi connectivity index (χ3n) is 2.28. The van der Waals surface area contributed by atoms with Crippen molar-refractivity contribution in [1.82, 2.24) is 10.2 Å². The van der Waals surface area contributed by atoms with E-state index in [0.717, 1.165) is 17.9 Å². The second-order valence-corrected chi connectivity index (χ2v) is 3.54. The van der Waals surface area contributed by atoms with Crippen LogP contribution in [0.5, 0.6) is 0 Å². The lowest BCUT2D eigenvalue weighted by atomic mass is 10.1. The van der Waals surface area contributed by atoms with E-state index >= 15 is 0 Å². The van der Waals surface area contributed by atoms with Crippen LogP contribution in [0.15, 0.2) is 0 Å². The summed E-state index contributed by atoms with van der Waals surface area (Å²) in [6.45, 7) is 1.68. The Bertz CT molecular complexity index is 211. The molecule has 0 aromatic heterocycles. The van der Waals surface area contributed by atoms with Crippen molar-refractivity contribution in [2.75, 3.05) is 26.7 Å². The summed E-state index contributed by atoms with van der Waals surface area (Å²) in [4.78, 5) is 11.5. The minimum atomic E-state index is -4.75. The molecule has 1 amide bonds. The zero-order valence-corrected chi connectivity index (χ0v) is 7.90. The summed E-state index contributed by atoms with van der Waals surface area (Å²) in [6.07, 6.45) is -3.92. The van der Waals surface area contributed by atoms with Gasteiger partial charge in [-0.2, -0.15) is 13.2 Å². The van der Waals surface area contributed by atoms with Gasteiger partial charge >= 0.3 is 12.1 Å². The first-order chi connectivity index (χ1) is 6.41. The third-order valence-corrected chi connectivity index (χ3v) is 2.28. The van der Waals surface area contributed by atoms with Gasteiger partial charge in [0.25, 0.3) is 0 Å². The number of rotatable bonds is 2. The molecule has 0 saturated carbocycles. The van der Waals surface area contributed by atoms with Crippen molar-refractivity contribution in [1.29, 1.82) is 0 Å². The van der Waals surface area contributed by atoms with E-state index in [-0.39, 0.29) is 12.5 Å². The topological polar surface area (TPSA) is 32.3 Å². The normalized spacial score (nSPS) is 22.4. The van der Waals surface area contributed by atoms with E-state index in [1.54, 1.807) is 0 Å². The molecule has 0 spiro atoms. The molecule has 82 valence electrons. The van der Waals surface area contributed by atoms with E-state index in [1.807, 2.05) is 0 Å². The van der Waals surface area contributed by atoms with Crippen molar-refractivity contribution in [2.45, 2.75) is 12.6 Å². The molecule has 1 saturated heterocycles. The summed E-state index contributed by atoms with van der Waals surface area (Å²) in [5, 5.41) is 3.04. The van der Waals surface area contributed by atoms with Crippen molar-refractivity contribution < 1.29 is 18.0 Å². The molecule has 1 N–H and O–H groups in total. The van der Waals surface area contributed by atoms with Crippen LogP contribution in [0.4, 0.5) is 13.2 Å². The van der Waals surface area contributed by atoms with Crippen LogP contribution >= 0.6 is 0 Å². The van der Waals surface area contributed by atoms with Gasteiger partial charge < -0.3 is 10.2 Å². The highest BCUT2D eigenvalue weighted by Crippen LogP contribution is 2.19. The highest BCUT2D eigenvalue weighted by atomic mass is 19.4. The SMILES string of the molecule is CN(C[C@H]1CCNC1)C(=O)C(F)(F)F. The summed E-state index contributed by atoms with van der Waals surface area (Å²) in [6, 6.07) is 0. The first kappa shape index (κ1) is 11.3. The molecule has 6 heteroatoms. The molecule has 1 aliphatic heterocycles. The number of hydrogen-bond donors (Lipinski definition) is 1. The van der Waals surface area contributed by atoms with Gasteiger partial charge in [0.15, 0.2) is 0 Å². The summed E-state index contributed by atoms with van der Waals surface area (Å²) < 4.78 is 35.9. The van der Waals surface area contributed by atoms with Crippen LogP contribution in [0.1, 0.15) is 6.42 Å². The summed E-state index contributed by atoms with van der Waals surface area (Å²) >= 11 is 0. The number of amides is 1. The second-order valence-electron chi connectivity index (χ2n) is 3.54. The number of nitrogens with zero attached hydrogens (tertiary/aromatic N) is 1. The molecule has 0 aromatic rings. The quantitative estimate of drug-likeness (QED) is 0.724.